The maximum Gasteiger partial charge on any atom is 0.0971 e. The number of nitrogens with zero attached hydrogens (tertiary/aromatic N) is 1. The third-order valence-electron chi connectivity index (χ3n) is 4.58. The van der Waals surface area contributed by atoms with Gasteiger partial charge in [-0.2, -0.15) is 0 Å². The number of nitrogens with one attached hydrogen (secondary N) is 1. The highest BCUT2D eigenvalue weighted by molar-refractivity contribution is 5.54. The number of likely N-dealkylation sites (tertiary alicyclic amines) is 1. The monoisotopic (exact) mass is 276 g/mol. The first kappa shape index (κ1) is 13.9. The van der Waals surface area contributed by atoms with Crippen molar-refractivity contribution < 1.29 is 9.47 Å². The van der Waals surface area contributed by atoms with Crippen LogP contribution >= 0.6 is 0 Å². The molecule has 1 saturated heterocycles. The molecule has 4 nitrogen and oxygen atoms in total. The van der Waals surface area contributed by atoms with Crippen LogP contribution in [-0.2, 0) is 9.47 Å². The molecule has 1 aromatic rings. The normalized spacial score (nSPS) is 30.0. The van der Waals surface area contributed by atoms with Crippen molar-refractivity contribution in [1.29, 1.82) is 0 Å². The third kappa shape index (κ3) is 2.68. The van der Waals surface area contributed by atoms with Gasteiger partial charge in [-0.05, 0) is 18.1 Å². The Morgan fingerprint density at radius 2 is 1.85 bits per heavy atom. The van der Waals surface area contributed by atoms with Gasteiger partial charge in [0.05, 0.1) is 12.2 Å². The van der Waals surface area contributed by atoms with E-state index < -0.39 is 0 Å². The molecule has 20 heavy (non-hydrogen) atoms. The average Bonchev–Trinajstić information content (AvgIpc) is 2.90. The predicted octanol–water partition coefficient (Wildman–Crippen LogP) is 1.93. The number of rotatable bonds is 4. The number of hydrogen-bond donors (Lipinski definition) is 1. The van der Waals surface area contributed by atoms with Gasteiger partial charge in [0.25, 0.3) is 0 Å². The van der Waals surface area contributed by atoms with E-state index in [0.29, 0.717) is 5.92 Å². The van der Waals surface area contributed by atoms with Crippen LogP contribution in [0.3, 0.4) is 0 Å². The molecule has 3 atom stereocenters. The summed E-state index contributed by atoms with van der Waals surface area (Å²) in [5.74, 6) is 0.612. The van der Waals surface area contributed by atoms with Gasteiger partial charge in [-0.3, -0.25) is 4.90 Å². The molecule has 4 heteroatoms. The number of para-hydroxylation sites is 1. The fourth-order valence-corrected chi connectivity index (χ4v) is 3.47. The van der Waals surface area contributed by atoms with Crippen LogP contribution in [0.15, 0.2) is 24.3 Å². The summed E-state index contributed by atoms with van der Waals surface area (Å²) in [6.45, 7) is 4.11. The van der Waals surface area contributed by atoms with E-state index in [0.717, 1.165) is 26.2 Å². The molecule has 2 aliphatic rings. The van der Waals surface area contributed by atoms with E-state index in [-0.39, 0.29) is 12.2 Å². The summed E-state index contributed by atoms with van der Waals surface area (Å²) in [4.78, 5) is 2.48. The zero-order valence-electron chi connectivity index (χ0n) is 12.3. The summed E-state index contributed by atoms with van der Waals surface area (Å²) in [7, 11) is 3.56. The summed E-state index contributed by atoms with van der Waals surface area (Å²) in [6.07, 6.45) is 1.61. The maximum absolute atomic E-state index is 5.52. The summed E-state index contributed by atoms with van der Waals surface area (Å²) >= 11 is 0. The third-order valence-corrected chi connectivity index (χ3v) is 4.58. The largest absolute Gasteiger partial charge is 0.385 e. The molecule has 0 spiro atoms. The van der Waals surface area contributed by atoms with Crippen molar-refractivity contribution in [3.63, 3.8) is 0 Å². The Bertz CT molecular complexity index is 440. The molecule has 0 amide bonds. The van der Waals surface area contributed by atoms with E-state index >= 15 is 0 Å². The Hall–Kier alpha value is -1.10. The molecule has 0 aliphatic carbocycles. The van der Waals surface area contributed by atoms with Crippen LogP contribution in [0.1, 0.15) is 17.9 Å². The van der Waals surface area contributed by atoms with Crippen LogP contribution in [0, 0.1) is 0 Å². The Balaban J connectivity index is 1.68. The second-order valence-corrected chi connectivity index (χ2v) is 5.77. The molecule has 1 fully saturated rings. The molecule has 2 heterocycles. The van der Waals surface area contributed by atoms with Crippen LogP contribution in [0.5, 0.6) is 0 Å². The lowest BCUT2D eigenvalue weighted by atomic mass is 9.90. The molecule has 1 aromatic carbocycles. The van der Waals surface area contributed by atoms with Crippen LogP contribution in [0.25, 0.3) is 0 Å². The fourth-order valence-electron chi connectivity index (χ4n) is 3.47. The minimum Gasteiger partial charge on any atom is -0.385 e. The van der Waals surface area contributed by atoms with Crippen LogP contribution < -0.4 is 5.32 Å². The smallest absolute Gasteiger partial charge is 0.0971 e. The molecule has 110 valence electrons. The molecule has 0 saturated carbocycles. The molecule has 2 aliphatic heterocycles. The van der Waals surface area contributed by atoms with Gasteiger partial charge in [-0.15, -0.1) is 0 Å². The Labute approximate surface area is 121 Å². The molecule has 3 unspecified atom stereocenters. The zero-order chi connectivity index (χ0) is 13.9. The first-order valence-electron chi connectivity index (χ1n) is 7.42. The molecule has 1 N–H and O–H groups in total. The van der Waals surface area contributed by atoms with Crippen molar-refractivity contribution in [2.45, 2.75) is 24.5 Å². The molecular weight excluding hydrogens is 252 g/mol. The van der Waals surface area contributed by atoms with Gasteiger partial charge >= 0.3 is 0 Å². The SMILES string of the molecule is COC1CN(CC2CCNc3ccccc32)CC1OC. The van der Waals surface area contributed by atoms with Crippen molar-refractivity contribution in [2.75, 3.05) is 45.7 Å². The fraction of sp³-hybridized carbons (Fsp3) is 0.625. The van der Waals surface area contributed by atoms with Gasteiger partial charge in [-0.25, -0.2) is 0 Å². The Morgan fingerprint density at radius 3 is 2.55 bits per heavy atom. The Morgan fingerprint density at radius 1 is 1.15 bits per heavy atom. The molecular formula is C16H24N2O2. The second-order valence-electron chi connectivity index (χ2n) is 5.77. The minimum absolute atomic E-state index is 0.206. The zero-order valence-corrected chi connectivity index (χ0v) is 12.3. The number of anilines is 1. The van der Waals surface area contributed by atoms with E-state index in [4.69, 9.17) is 9.47 Å². The van der Waals surface area contributed by atoms with E-state index in [1.165, 1.54) is 17.7 Å². The van der Waals surface area contributed by atoms with Gasteiger partial charge < -0.3 is 14.8 Å². The van der Waals surface area contributed by atoms with Crippen molar-refractivity contribution >= 4 is 5.69 Å². The standard InChI is InChI=1S/C16H24N2O2/c1-19-15-10-18(11-16(15)20-2)9-12-7-8-17-14-6-4-3-5-13(12)14/h3-6,12,15-17H,7-11H2,1-2H3. The van der Waals surface area contributed by atoms with E-state index in [9.17, 15) is 0 Å². The lowest BCUT2D eigenvalue weighted by molar-refractivity contribution is -0.00461. The highest BCUT2D eigenvalue weighted by Gasteiger charge is 2.34. The van der Waals surface area contributed by atoms with Gasteiger partial charge in [0.2, 0.25) is 0 Å². The van der Waals surface area contributed by atoms with Crippen molar-refractivity contribution in [3.8, 4) is 0 Å². The van der Waals surface area contributed by atoms with Crippen molar-refractivity contribution in [1.82, 2.24) is 4.90 Å². The van der Waals surface area contributed by atoms with E-state index in [1.807, 2.05) is 0 Å². The number of methoxy groups -OCH3 is 2. The van der Waals surface area contributed by atoms with E-state index in [2.05, 4.69) is 34.5 Å². The summed E-state index contributed by atoms with van der Waals surface area (Å²) < 4.78 is 11.0. The summed E-state index contributed by atoms with van der Waals surface area (Å²) in [5.41, 5.74) is 2.75. The van der Waals surface area contributed by atoms with Gasteiger partial charge in [0, 0.05) is 52.0 Å². The first-order valence-corrected chi connectivity index (χ1v) is 7.42. The van der Waals surface area contributed by atoms with Gasteiger partial charge in [0.15, 0.2) is 0 Å². The first-order chi connectivity index (χ1) is 9.81. The van der Waals surface area contributed by atoms with Crippen LogP contribution in [-0.4, -0.2) is 57.5 Å². The van der Waals surface area contributed by atoms with Gasteiger partial charge in [-0.1, -0.05) is 18.2 Å². The van der Waals surface area contributed by atoms with Crippen LogP contribution in [0.4, 0.5) is 5.69 Å². The number of hydrogen-bond acceptors (Lipinski definition) is 4. The molecule has 0 aromatic heterocycles. The average molecular weight is 276 g/mol. The second kappa shape index (κ2) is 6.12. The van der Waals surface area contributed by atoms with Crippen molar-refractivity contribution in [2.24, 2.45) is 0 Å². The Kier molecular flexibility index (Phi) is 4.24. The number of ether oxygens (including phenoxy) is 2. The topological polar surface area (TPSA) is 33.7 Å². The summed E-state index contributed by atoms with van der Waals surface area (Å²) in [6, 6.07) is 8.68. The predicted molar refractivity (Wildman–Crippen MR) is 80.3 cm³/mol. The minimum atomic E-state index is 0.206. The lowest BCUT2D eigenvalue weighted by Crippen LogP contribution is -2.31. The molecule has 0 bridgehead atoms. The van der Waals surface area contributed by atoms with Crippen molar-refractivity contribution in [3.05, 3.63) is 29.8 Å². The van der Waals surface area contributed by atoms with Crippen LogP contribution in [0.2, 0.25) is 0 Å². The van der Waals surface area contributed by atoms with Gasteiger partial charge in [0.1, 0.15) is 0 Å². The maximum atomic E-state index is 5.52. The molecule has 0 radical (unpaired) electrons. The number of benzene rings is 1. The highest BCUT2D eigenvalue weighted by Crippen LogP contribution is 2.32. The quantitative estimate of drug-likeness (QED) is 0.911. The lowest BCUT2D eigenvalue weighted by Gasteiger charge is -2.30. The molecule has 3 rings (SSSR count). The highest BCUT2D eigenvalue weighted by atomic mass is 16.5. The number of fused-ring (bicyclic) bond motifs is 1. The van der Waals surface area contributed by atoms with E-state index in [1.54, 1.807) is 14.2 Å². The summed E-state index contributed by atoms with van der Waals surface area (Å²) in [5, 5.41) is 3.49.